The zero-order valence-corrected chi connectivity index (χ0v) is 11.6. The molecule has 1 aromatic carbocycles. The number of hydrogen-bond acceptors (Lipinski definition) is 4. The van der Waals surface area contributed by atoms with E-state index in [1.165, 1.54) is 6.26 Å². The molecule has 0 saturated carbocycles. The van der Waals surface area contributed by atoms with E-state index in [0.717, 1.165) is 0 Å². The zero-order valence-electron chi connectivity index (χ0n) is 11.6. The molecule has 0 radical (unpaired) electrons. The molecule has 0 bridgehead atoms. The Morgan fingerprint density at radius 2 is 1.90 bits per heavy atom. The Hall–Kier alpha value is -2.60. The second-order valence-corrected chi connectivity index (χ2v) is 4.64. The summed E-state index contributed by atoms with van der Waals surface area (Å²) >= 11 is 0. The molecule has 0 spiro atoms. The Kier molecular flexibility index (Phi) is 4.73. The van der Waals surface area contributed by atoms with Crippen LogP contribution in [0.25, 0.3) is 0 Å². The van der Waals surface area contributed by atoms with Gasteiger partial charge in [-0.15, -0.1) is 0 Å². The van der Waals surface area contributed by atoms with E-state index in [2.05, 4.69) is 10.6 Å². The molecule has 0 fully saturated rings. The van der Waals surface area contributed by atoms with Gasteiger partial charge in [0.15, 0.2) is 5.76 Å². The second kappa shape index (κ2) is 6.71. The average molecular weight is 287 g/mol. The molecule has 6 heteroatoms. The van der Waals surface area contributed by atoms with Crippen LogP contribution in [0.4, 0.5) is 11.4 Å². The summed E-state index contributed by atoms with van der Waals surface area (Å²) in [5.41, 5.74) is 6.61. The Bertz CT molecular complexity index is 623. The fraction of sp³-hybridized carbons (Fsp3) is 0.200. The summed E-state index contributed by atoms with van der Waals surface area (Å²) in [4.78, 5) is 23.6. The Balaban J connectivity index is 2.04. The van der Waals surface area contributed by atoms with Crippen molar-refractivity contribution in [1.29, 1.82) is 0 Å². The molecule has 21 heavy (non-hydrogen) atoms. The highest BCUT2D eigenvalue weighted by molar-refractivity contribution is 6.02. The van der Waals surface area contributed by atoms with E-state index in [1.54, 1.807) is 43.3 Å². The third-order valence-electron chi connectivity index (χ3n) is 2.93. The van der Waals surface area contributed by atoms with Gasteiger partial charge in [-0.1, -0.05) is 13.0 Å². The molecule has 4 N–H and O–H groups in total. The second-order valence-electron chi connectivity index (χ2n) is 4.64. The lowest BCUT2D eigenvalue weighted by Gasteiger charge is -2.11. The van der Waals surface area contributed by atoms with Crippen molar-refractivity contribution in [3.8, 4) is 0 Å². The third-order valence-corrected chi connectivity index (χ3v) is 2.93. The van der Waals surface area contributed by atoms with Crippen molar-refractivity contribution in [2.45, 2.75) is 6.92 Å². The first kappa shape index (κ1) is 14.8. The first-order valence-corrected chi connectivity index (χ1v) is 6.56. The van der Waals surface area contributed by atoms with Crippen LogP contribution < -0.4 is 16.4 Å². The monoisotopic (exact) mass is 287 g/mol. The van der Waals surface area contributed by atoms with Gasteiger partial charge in [-0.25, -0.2) is 0 Å². The van der Waals surface area contributed by atoms with Crippen molar-refractivity contribution < 1.29 is 14.0 Å². The predicted molar refractivity (Wildman–Crippen MR) is 80.0 cm³/mol. The lowest BCUT2D eigenvalue weighted by molar-refractivity contribution is -0.119. The molecule has 1 heterocycles. The van der Waals surface area contributed by atoms with Gasteiger partial charge < -0.3 is 20.8 Å². The predicted octanol–water partition coefficient (Wildman–Crippen LogP) is 2.07. The van der Waals surface area contributed by atoms with Crippen LogP contribution >= 0.6 is 0 Å². The van der Waals surface area contributed by atoms with E-state index in [9.17, 15) is 9.59 Å². The highest BCUT2D eigenvalue weighted by Gasteiger charge is 2.12. The first-order valence-electron chi connectivity index (χ1n) is 6.56. The van der Waals surface area contributed by atoms with Gasteiger partial charge in [-0.3, -0.25) is 9.59 Å². The molecule has 1 atom stereocenters. The van der Waals surface area contributed by atoms with Crippen molar-refractivity contribution in [1.82, 2.24) is 0 Å². The highest BCUT2D eigenvalue weighted by atomic mass is 16.3. The molecular weight excluding hydrogens is 270 g/mol. The maximum atomic E-state index is 11.9. The number of furan rings is 1. The molecule has 6 nitrogen and oxygen atoms in total. The Morgan fingerprint density at radius 3 is 2.52 bits per heavy atom. The van der Waals surface area contributed by atoms with Crippen LogP contribution in [-0.4, -0.2) is 18.4 Å². The molecule has 1 aromatic heterocycles. The highest BCUT2D eigenvalue weighted by Crippen LogP contribution is 2.17. The van der Waals surface area contributed by atoms with Crippen LogP contribution in [0.2, 0.25) is 0 Å². The van der Waals surface area contributed by atoms with Gasteiger partial charge in [0.25, 0.3) is 5.91 Å². The molecule has 0 saturated heterocycles. The van der Waals surface area contributed by atoms with Crippen molar-refractivity contribution in [2.24, 2.45) is 11.7 Å². The van der Waals surface area contributed by atoms with E-state index in [4.69, 9.17) is 10.2 Å². The summed E-state index contributed by atoms with van der Waals surface area (Å²) in [5.74, 6) is -0.557. The van der Waals surface area contributed by atoms with Crippen LogP contribution in [0, 0.1) is 5.92 Å². The minimum atomic E-state index is -0.348. The number of benzene rings is 1. The minimum absolute atomic E-state index is 0.160. The molecule has 110 valence electrons. The fourth-order valence-corrected chi connectivity index (χ4v) is 1.65. The van der Waals surface area contributed by atoms with Gasteiger partial charge in [0.05, 0.1) is 6.26 Å². The third kappa shape index (κ3) is 3.93. The summed E-state index contributed by atoms with van der Waals surface area (Å²) in [6, 6.07) is 10.1. The molecule has 2 rings (SSSR count). The largest absolute Gasteiger partial charge is 0.459 e. The topological polar surface area (TPSA) is 97.4 Å². The molecule has 2 amide bonds. The van der Waals surface area contributed by atoms with Crippen LogP contribution in [0.1, 0.15) is 17.5 Å². The molecule has 1 unspecified atom stereocenters. The van der Waals surface area contributed by atoms with Crippen LogP contribution in [0.5, 0.6) is 0 Å². The quantitative estimate of drug-likeness (QED) is 0.784. The summed E-state index contributed by atoms with van der Waals surface area (Å²) in [5, 5.41) is 5.44. The Morgan fingerprint density at radius 1 is 1.19 bits per heavy atom. The molecule has 0 aliphatic heterocycles. The maximum absolute atomic E-state index is 11.9. The van der Waals surface area contributed by atoms with E-state index in [-0.39, 0.29) is 30.0 Å². The normalized spacial score (nSPS) is 11.7. The molecule has 2 aromatic rings. The average Bonchev–Trinajstić information content (AvgIpc) is 3.01. The summed E-state index contributed by atoms with van der Waals surface area (Å²) in [6.07, 6.45) is 1.43. The number of rotatable bonds is 5. The molecule has 0 aliphatic rings. The lowest BCUT2D eigenvalue weighted by atomic mass is 10.1. The summed E-state index contributed by atoms with van der Waals surface area (Å²) in [7, 11) is 0. The number of carbonyl (C=O) groups is 2. The summed E-state index contributed by atoms with van der Waals surface area (Å²) in [6.45, 7) is 2.03. The van der Waals surface area contributed by atoms with Crippen LogP contribution in [0.15, 0.2) is 47.1 Å². The lowest BCUT2D eigenvalue weighted by Crippen LogP contribution is -2.26. The molecular formula is C15H17N3O3. The van der Waals surface area contributed by atoms with Crippen molar-refractivity contribution >= 4 is 23.2 Å². The summed E-state index contributed by atoms with van der Waals surface area (Å²) < 4.78 is 5.01. The Labute approximate surface area is 122 Å². The van der Waals surface area contributed by atoms with E-state index in [1.807, 2.05) is 0 Å². The number of nitrogens with one attached hydrogen (secondary N) is 2. The van der Waals surface area contributed by atoms with Gasteiger partial charge in [0.1, 0.15) is 0 Å². The number of carbonyl (C=O) groups excluding carboxylic acids is 2. The van der Waals surface area contributed by atoms with Gasteiger partial charge in [0.2, 0.25) is 5.91 Å². The number of hydrogen-bond donors (Lipinski definition) is 3. The number of amides is 2. The van der Waals surface area contributed by atoms with E-state index >= 15 is 0 Å². The smallest absolute Gasteiger partial charge is 0.291 e. The van der Waals surface area contributed by atoms with Crippen molar-refractivity contribution in [2.75, 3.05) is 17.2 Å². The standard InChI is InChI=1S/C15H17N3O3/c1-10(9-16)14(19)17-11-4-2-5-12(8-11)18-15(20)13-6-3-7-21-13/h2-8,10H,9,16H2,1H3,(H,17,19)(H,18,20). The van der Waals surface area contributed by atoms with Crippen LogP contribution in [0.3, 0.4) is 0 Å². The minimum Gasteiger partial charge on any atom is -0.459 e. The van der Waals surface area contributed by atoms with Gasteiger partial charge in [-0.05, 0) is 30.3 Å². The van der Waals surface area contributed by atoms with Gasteiger partial charge in [-0.2, -0.15) is 0 Å². The van der Waals surface area contributed by atoms with Crippen molar-refractivity contribution in [3.63, 3.8) is 0 Å². The van der Waals surface area contributed by atoms with Gasteiger partial charge in [0, 0.05) is 23.8 Å². The molecule has 0 aliphatic carbocycles. The van der Waals surface area contributed by atoms with Crippen LogP contribution in [-0.2, 0) is 4.79 Å². The number of anilines is 2. The van der Waals surface area contributed by atoms with Gasteiger partial charge >= 0.3 is 0 Å². The number of nitrogens with two attached hydrogens (primary N) is 1. The van der Waals surface area contributed by atoms with Crippen molar-refractivity contribution in [3.05, 3.63) is 48.4 Å². The van der Waals surface area contributed by atoms with E-state index in [0.29, 0.717) is 11.4 Å². The first-order chi connectivity index (χ1) is 10.1. The zero-order chi connectivity index (χ0) is 15.2. The fourth-order valence-electron chi connectivity index (χ4n) is 1.65. The maximum Gasteiger partial charge on any atom is 0.291 e. The SMILES string of the molecule is CC(CN)C(=O)Nc1cccc(NC(=O)c2ccco2)c1. The van der Waals surface area contributed by atoms with E-state index < -0.39 is 0 Å².